The van der Waals surface area contributed by atoms with Crippen LogP contribution in [0.25, 0.3) is 22.2 Å². The van der Waals surface area contributed by atoms with Crippen molar-refractivity contribution in [2.75, 3.05) is 0 Å². The highest BCUT2D eigenvalue weighted by Crippen LogP contribution is 2.35. The average molecular weight is 577 g/mol. The van der Waals surface area contributed by atoms with Gasteiger partial charge in [0.05, 0.1) is 22.8 Å². The molecule has 0 bridgehead atoms. The van der Waals surface area contributed by atoms with Crippen LogP contribution in [0.3, 0.4) is 0 Å². The first-order valence-corrected chi connectivity index (χ1v) is 13.4. The molecule has 214 valence electrons. The summed E-state index contributed by atoms with van der Waals surface area (Å²) in [5.74, 6) is 4.07. The van der Waals surface area contributed by atoms with Crippen LogP contribution in [0.1, 0.15) is 53.7 Å². The van der Waals surface area contributed by atoms with Gasteiger partial charge in [-0.25, -0.2) is 0 Å². The summed E-state index contributed by atoms with van der Waals surface area (Å²) in [5.41, 5.74) is 4.57. The van der Waals surface area contributed by atoms with Crippen LogP contribution in [-0.2, 0) is 17.2 Å². The first-order valence-electron chi connectivity index (χ1n) is 13.1. The molecule has 0 aliphatic carbocycles. The number of carbonyl (C=O) groups is 1. The number of hydrogen-bond donors (Lipinski definition) is 4. The Morgan fingerprint density at radius 3 is 1.98 bits per heavy atom. The number of benzene rings is 4. The lowest BCUT2D eigenvalue weighted by atomic mass is 9.97. The van der Waals surface area contributed by atoms with Crippen molar-refractivity contribution in [1.82, 2.24) is 5.16 Å². The van der Waals surface area contributed by atoms with Crippen molar-refractivity contribution in [3.8, 4) is 28.5 Å². The summed E-state index contributed by atoms with van der Waals surface area (Å²) in [5, 5.41) is 34.9. The van der Waals surface area contributed by atoms with Gasteiger partial charge in [0.1, 0.15) is 22.9 Å². The van der Waals surface area contributed by atoms with Crippen molar-refractivity contribution in [3.63, 3.8) is 0 Å². The van der Waals surface area contributed by atoms with Gasteiger partial charge in [-0.2, -0.15) is 10.3 Å². The molecule has 0 fully saturated rings. The highest BCUT2D eigenvalue weighted by molar-refractivity contribution is 6.11. The molecule has 0 radical (unpaired) electrons. The second-order valence-electron chi connectivity index (χ2n) is 9.08. The molecule has 0 spiro atoms. The molecule has 0 aliphatic rings. The van der Waals surface area contributed by atoms with Crippen LogP contribution >= 0.6 is 11.9 Å². The third-order valence-electron chi connectivity index (χ3n) is 6.30. The van der Waals surface area contributed by atoms with Crippen molar-refractivity contribution in [3.05, 3.63) is 107 Å². The van der Waals surface area contributed by atoms with Gasteiger partial charge in [-0.3, -0.25) is 4.79 Å². The molecule has 1 aromatic heterocycles. The Labute approximate surface area is 243 Å². The third-order valence-corrected chi connectivity index (χ3v) is 6.30. The van der Waals surface area contributed by atoms with E-state index in [1.165, 1.54) is 12.1 Å². The van der Waals surface area contributed by atoms with Crippen molar-refractivity contribution in [2.45, 2.75) is 39.5 Å². The molecule has 5 aromatic rings. The van der Waals surface area contributed by atoms with Crippen LogP contribution in [0.2, 0.25) is 0 Å². The van der Waals surface area contributed by atoms with E-state index < -0.39 is 0 Å². The molecule has 0 saturated carbocycles. The number of phenols is 3. The molecule has 5 rings (SSSR count). The Morgan fingerprint density at radius 1 is 0.829 bits per heavy atom. The first-order chi connectivity index (χ1) is 19.9. The summed E-state index contributed by atoms with van der Waals surface area (Å²) in [6.45, 7) is 4.03. The molecule has 5 N–H and O–H groups in total. The number of nitrogens with zero attached hydrogens (tertiary/aromatic N) is 1. The minimum absolute atomic E-state index is 0.0314. The zero-order valence-electron chi connectivity index (χ0n) is 22.9. The topological polar surface area (TPSA) is 139 Å². The zero-order valence-corrected chi connectivity index (χ0v) is 23.6. The molecule has 4 aromatic carbocycles. The third kappa shape index (κ3) is 7.64. The molecule has 0 aliphatic heterocycles. The molecule has 1 heterocycles. The predicted molar refractivity (Wildman–Crippen MR) is 160 cm³/mol. The van der Waals surface area contributed by atoms with E-state index in [0.29, 0.717) is 23.1 Å². The summed E-state index contributed by atoms with van der Waals surface area (Å²) in [4.78, 5) is 12.3. The number of aromatic nitrogens is 1. The van der Waals surface area contributed by atoms with E-state index >= 15 is 0 Å². The van der Waals surface area contributed by atoms with Gasteiger partial charge in [-0.15, -0.1) is 0 Å². The zero-order chi connectivity index (χ0) is 29.8. The van der Waals surface area contributed by atoms with Gasteiger partial charge in [-0.05, 0) is 37.1 Å². The number of ketones is 1. The maximum absolute atomic E-state index is 12.3. The highest BCUT2D eigenvalue weighted by Gasteiger charge is 2.18. The fourth-order valence-corrected chi connectivity index (χ4v) is 4.39. The van der Waals surface area contributed by atoms with E-state index in [0.717, 1.165) is 41.5 Å². The number of nitrogens with two attached hydrogens (primary N) is 1. The van der Waals surface area contributed by atoms with E-state index in [1.807, 2.05) is 49.4 Å². The van der Waals surface area contributed by atoms with Gasteiger partial charge in [0, 0.05) is 22.3 Å². The number of phenolic OH excluding ortho intramolecular Hbond substituents is 3. The van der Waals surface area contributed by atoms with Gasteiger partial charge in [0.2, 0.25) is 0 Å². The smallest absolute Gasteiger partial charge is 0.196 e. The normalized spacial score (nSPS) is 10.3. The Morgan fingerprint density at radius 2 is 1.37 bits per heavy atom. The fraction of sp³-hybridized carbons (Fsp3) is 0.188. The molecule has 0 unspecified atom stereocenters. The minimum Gasteiger partial charge on any atom is -0.508 e. The SMILES string of the molecule is CCCc1c(O)ccc(C(=O)c2ccccc2)c1O.CCCc1c(O)ccc2c(-c3ccccc3)noc12.NOCl. The molecule has 0 saturated heterocycles. The van der Waals surface area contributed by atoms with Crippen molar-refractivity contribution < 1.29 is 29.0 Å². The number of hydrogen-bond acceptors (Lipinski definition) is 8. The molecule has 0 amide bonds. The number of rotatable bonds is 7. The lowest BCUT2D eigenvalue weighted by molar-refractivity contribution is 0.103. The first kappa shape index (κ1) is 31.2. The van der Waals surface area contributed by atoms with Gasteiger partial charge in [0.25, 0.3) is 0 Å². The molecule has 0 atom stereocenters. The Kier molecular flexibility index (Phi) is 11.7. The maximum Gasteiger partial charge on any atom is 0.196 e. The van der Waals surface area contributed by atoms with Gasteiger partial charge in [0.15, 0.2) is 11.4 Å². The summed E-state index contributed by atoms with van der Waals surface area (Å²) >= 11 is 4.28. The summed E-state index contributed by atoms with van der Waals surface area (Å²) in [7, 11) is 0. The maximum atomic E-state index is 12.3. The van der Waals surface area contributed by atoms with Gasteiger partial charge in [-0.1, -0.05) is 92.5 Å². The van der Waals surface area contributed by atoms with Gasteiger partial charge < -0.3 is 19.8 Å². The predicted octanol–water partition coefficient (Wildman–Crippen LogP) is 7.46. The van der Waals surface area contributed by atoms with Crippen molar-refractivity contribution in [2.24, 2.45) is 5.90 Å². The quantitative estimate of drug-likeness (QED) is 0.116. The molecular weight excluding hydrogens is 544 g/mol. The van der Waals surface area contributed by atoms with Crippen LogP contribution < -0.4 is 5.90 Å². The van der Waals surface area contributed by atoms with Gasteiger partial charge >= 0.3 is 0 Å². The van der Waals surface area contributed by atoms with Crippen LogP contribution in [0.15, 0.2) is 89.5 Å². The highest BCUT2D eigenvalue weighted by atomic mass is 35.5. The summed E-state index contributed by atoms with van der Waals surface area (Å²) in [6, 6.07) is 25.2. The average Bonchev–Trinajstić information content (AvgIpc) is 3.43. The van der Waals surface area contributed by atoms with Crippen LogP contribution in [0.4, 0.5) is 0 Å². The summed E-state index contributed by atoms with van der Waals surface area (Å²) < 4.78 is 8.68. The largest absolute Gasteiger partial charge is 0.508 e. The van der Waals surface area contributed by atoms with E-state index in [9.17, 15) is 20.1 Å². The number of fused-ring (bicyclic) bond motifs is 1. The fourth-order valence-electron chi connectivity index (χ4n) is 4.39. The lowest BCUT2D eigenvalue weighted by Crippen LogP contribution is -2.03. The molecule has 41 heavy (non-hydrogen) atoms. The second kappa shape index (κ2) is 15.4. The van der Waals surface area contributed by atoms with E-state index in [2.05, 4.69) is 34.2 Å². The van der Waals surface area contributed by atoms with Crippen LogP contribution in [0.5, 0.6) is 17.2 Å². The Bertz CT molecular complexity index is 1560. The standard InChI is InChI=1S/C16H15NO2.C16H16O3.ClH2NO/c1-2-6-12-14(18)10-9-13-15(17-19-16(12)13)11-7-4-3-5-8-11;1-2-6-12-14(17)10-9-13(16(12)19)15(18)11-7-4-3-5-8-11;1-3-2/h3-5,7-10,18H,2,6H2,1H3;3-5,7-10,17,19H,2,6H2,1H3;2H2. The number of aryl methyl sites for hydroxylation is 1. The number of halogens is 1. The monoisotopic (exact) mass is 576 g/mol. The van der Waals surface area contributed by atoms with Crippen molar-refractivity contribution in [1.29, 1.82) is 0 Å². The van der Waals surface area contributed by atoms with Crippen molar-refractivity contribution >= 4 is 28.6 Å². The second-order valence-corrected chi connectivity index (χ2v) is 9.26. The molecule has 9 heteroatoms. The van der Waals surface area contributed by atoms with Crippen LogP contribution in [-0.4, -0.2) is 26.3 Å². The van der Waals surface area contributed by atoms with E-state index in [1.54, 1.807) is 30.3 Å². The lowest BCUT2D eigenvalue weighted by Gasteiger charge is -2.10. The van der Waals surface area contributed by atoms with E-state index in [-0.39, 0.29) is 28.6 Å². The summed E-state index contributed by atoms with van der Waals surface area (Å²) in [6.07, 6.45) is 3.05. The Hall–Kier alpha value is -4.37. The van der Waals surface area contributed by atoms with Crippen LogP contribution in [0, 0.1) is 0 Å². The number of carbonyl (C=O) groups excluding carboxylic acids is 1. The minimum atomic E-state index is -0.240. The Balaban J connectivity index is 0.000000206. The number of aromatic hydroxyl groups is 3. The van der Waals surface area contributed by atoms with E-state index in [4.69, 9.17) is 4.52 Å². The molecular formula is C32H33ClN2O6. The molecule has 8 nitrogen and oxygen atoms in total.